The van der Waals surface area contributed by atoms with Crippen LogP contribution in [-0.2, 0) is 24.9 Å². The molecular formula is C25H22ClN5O7S2. The topological polar surface area (TPSA) is 192 Å². The number of nitrogen functional groups attached to an aromatic ring is 1. The Kier molecular flexibility index (Phi) is 7.98. The highest BCUT2D eigenvalue weighted by Crippen LogP contribution is 2.41. The number of anilines is 3. The van der Waals surface area contributed by atoms with Gasteiger partial charge in [0.15, 0.2) is 0 Å². The number of aromatic hydroxyl groups is 1. The van der Waals surface area contributed by atoms with Crippen LogP contribution in [0.3, 0.4) is 0 Å². The highest BCUT2D eigenvalue weighted by Gasteiger charge is 2.24. The number of carbonyl (C=O) groups is 1. The van der Waals surface area contributed by atoms with Gasteiger partial charge in [-0.25, -0.2) is 8.42 Å². The van der Waals surface area contributed by atoms with E-state index in [0.29, 0.717) is 5.69 Å². The molecule has 4 aromatic carbocycles. The zero-order valence-electron chi connectivity index (χ0n) is 20.7. The first kappa shape index (κ1) is 28.8. The summed E-state index contributed by atoms with van der Waals surface area (Å²) in [5, 5.41) is 21.5. The predicted octanol–water partition coefficient (Wildman–Crippen LogP) is 4.79. The summed E-state index contributed by atoms with van der Waals surface area (Å²) < 4.78 is 61.3. The van der Waals surface area contributed by atoms with Crippen molar-refractivity contribution in [3.8, 4) is 5.75 Å². The third kappa shape index (κ3) is 5.84. The fourth-order valence-corrected chi connectivity index (χ4v) is 5.75. The molecule has 0 bridgehead atoms. The molecule has 1 amide bonds. The second kappa shape index (κ2) is 11.1. The van der Waals surface area contributed by atoms with Gasteiger partial charge in [-0.05, 0) is 47.9 Å². The van der Waals surface area contributed by atoms with Gasteiger partial charge in [0.2, 0.25) is 5.91 Å². The van der Waals surface area contributed by atoms with E-state index in [1.54, 1.807) is 30.3 Å². The minimum Gasteiger partial charge on any atom is -0.507 e. The van der Waals surface area contributed by atoms with E-state index < -0.39 is 36.7 Å². The molecule has 0 atom stereocenters. The largest absolute Gasteiger partial charge is 0.507 e. The molecule has 0 aliphatic heterocycles. The Morgan fingerprint density at radius 3 is 2.35 bits per heavy atom. The lowest BCUT2D eigenvalue weighted by atomic mass is 10.1. The van der Waals surface area contributed by atoms with Gasteiger partial charge < -0.3 is 16.2 Å². The number of nitrogens with zero attached hydrogens (tertiary/aromatic N) is 3. The van der Waals surface area contributed by atoms with E-state index in [-0.39, 0.29) is 44.3 Å². The zero-order valence-corrected chi connectivity index (χ0v) is 23.1. The van der Waals surface area contributed by atoms with Crippen LogP contribution in [0.25, 0.3) is 10.8 Å². The summed E-state index contributed by atoms with van der Waals surface area (Å²) in [6.45, 7) is 0. The second-order valence-electron chi connectivity index (χ2n) is 8.39. The first-order chi connectivity index (χ1) is 18.8. The number of fused-ring (bicyclic) bond motifs is 1. The van der Waals surface area contributed by atoms with Gasteiger partial charge in [0.05, 0.1) is 21.7 Å². The van der Waals surface area contributed by atoms with Crippen LogP contribution in [0.1, 0.15) is 0 Å². The standard InChI is InChI=1S/C25H22ClN5O7S2/c1-31(17-5-3-2-4-6-17)39(34,35)18-11-15-7-9-19(27)25(24(15)21(32)13-18)30-29-20-10-8-16(28-23(33)14-26)12-22(20)40(36,37)38/h2-13,32H,14,27H2,1H3,(H,28,33)(H,36,37,38)/b30-29+. The molecule has 0 heterocycles. The fraction of sp³-hybridized carbons (Fsp3) is 0.0800. The number of hydrogen-bond donors (Lipinski definition) is 4. The quantitative estimate of drug-likeness (QED) is 0.0955. The Balaban J connectivity index is 1.79. The number of halogens is 1. The maximum Gasteiger partial charge on any atom is 0.296 e. The van der Waals surface area contributed by atoms with E-state index >= 15 is 0 Å². The molecule has 0 aliphatic rings. The van der Waals surface area contributed by atoms with Gasteiger partial charge in [-0.15, -0.1) is 21.8 Å². The van der Waals surface area contributed by atoms with Crippen molar-refractivity contribution in [3.05, 3.63) is 72.8 Å². The monoisotopic (exact) mass is 603 g/mol. The molecule has 0 aliphatic carbocycles. The number of azo groups is 1. The van der Waals surface area contributed by atoms with Crippen LogP contribution in [0.2, 0.25) is 0 Å². The summed E-state index contributed by atoms with van der Waals surface area (Å²) in [7, 11) is -7.49. The number of phenolic OH excluding ortho intramolecular Hbond substituents is 1. The number of carbonyl (C=O) groups excluding carboxylic acids is 1. The van der Waals surface area contributed by atoms with Crippen molar-refractivity contribution in [1.29, 1.82) is 0 Å². The lowest BCUT2D eigenvalue weighted by molar-refractivity contribution is -0.113. The van der Waals surface area contributed by atoms with Crippen LogP contribution in [-0.4, -0.2) is 45.3 Å². The van der Waals surface area contributed by atoms with Crippen LogP contribution in [0.4, 0.5) is 28.4 Å². The number of phenols is 1. The number of benzene rings is 4. The molecule has 0 saturated heterocycles. The van der Waals surface area contributed by atoms with Gasteiger partial charge in [0, 0.05) is 18.8 Å². The normalized spacial score (nSPS) is 12.1. The van der Waals surface area contributed by atoms with Crippen molar-refractivity contribution in [2.75, 3.05) is 28.3 Å². The van der Waals surface area contributed by atoms with Gasteiger partial charge in [-0.1, -0.05) is 24.3 Å². The Morgan fingerprint density at radius 1 is 1.00 bits per heavy atom. The van der Waals surface area contributed by atoms with Crippen LogP contribution in [0.15, 0.2) is 92.8 Å². The predicted molar refractivity (Wildman–Crippen MR) is 152 cm³/mol. The van der Waals surface area contributed by atoms with E-state index in [1.807, 2.05) is 0 Å². The Bertz CT molecular complexity index is 1870. The molecule has 0 aromatic heterocycles. The molecule has 0 unspecified atom stereocenters. The van der Waals surface area contributed by atoms with Gasteiger partial charge in [-0.3, -0.25) is 13.7 Å². The lowest BCUT2D eigenvalue weighted by Crippen LogP contribution is -2.26. The molecule has 0 spiro atoms. The van der Waals surface area contributed by atoms with Crippen LogP contribution < -0.4 is 15.4 Å². The number of rotatable bonds is 8. The summed E-state index contributed by atoms with van der Waals surface area (Å²) in [4.78, 5) is 10.7. The van der Waals surface area contributed by atoms with E-state index in [0.717, 1.165) is 16.4 Å². The number of alkyl halides is 1. The second-order valence-corrected chi connectivity index (χ2v) is 12.0. The number of nitrogens with two attached hydrogens (primary N) is 1. The Morgan fingerprint density at radius 2 is 1.70 bits per heavy atom. The minimum atomic E-state index is -4.81. The van der Waals surface area contributed by atoms with E-state index in [9.17, 15) is 31.3 Å². The summed E-state index contributed by atoms with van der Waals surface area (Å²) >= 11 is 5.45. The molecular weight excluding hydrogens is 582 g/mol. The average Bonchev–Trinajstić information content (AvgIpc) is 2.92. The SMILES string of the molecule is CN(c1ccccc1)S(=O)(=O)c1cc(O)c2c(/N=N/c3ccc(NC(=O)CCl)cc3S(=O)(=O)O)c(N)ccc2c1. The van der Waals surface area contributed by atoms with Crippen molar-refractivity contribution in [2.24, 2.45) is 10.2 Å². The van der Waals surface area contributed by atoms with E-state index in [4.69, 9.17) is 17.3 Å². The molecule has 0 fully saturated rings. The molecule has 15 heteroatoms. The number of hydrogen-bond acceptors (Lipinski definition) is 9. The van der Waals surface area contributed by atoms with Crippen LogP contribution in [0, 0.1) is 0 Å². The first-order valence-electron chi connectivity index (χ1n) is 11.3. The molecule has 208 valence electrons. The van der Waals surface area contributed by atoms with Crippen molar-refractivity contribution >= 4 is 76.9 Å². The van der Waals surface area contributed by atoms with E-state index in [2.05, 4.69) is 15.5 Å². The molecule has 40 heavy (non-hydrogen) atoms. The third-order valence-electron chi connectivity index (χ3n) is 5.75. The minimum absolute atomic E-state index is 0.0359. The fourth-order valence-electron chi connectivity index (χ4n) is 3.79. The Hall–Kier alpha value is -4.24. The van der Waals surface area contributed by atoms with Crippen LogP contribution in [0.5, 0.6) is 5.75 Å². The lowest BCUT2D eigenvalue weighted by Gasteiger charge is -2.20. The third-order valence-corrected chi connectivity index (χ3v) is 8.64. The summed E-state index contributed by atoms with van der Waals surface area (Å²) in [5.74, 6) is -1.45. The van der Waals surface area contributed by atoms with Crippen molar-refractivity contribution in [1.82, 2.24) is 0 Å². The average molecular weight is 604 g/mol. The van der Waals surface area contributed by atoms with Gasteiger partial charge >= 0.3 is 0 Å². The summed E-state index contributed by atoms with van der Waals surface area (Å²) in [5.41, 5.74) is 6.19. The number of amides is 1. The highest BCUT2D eigenvalue weighted by atomic mass is 35.5. The molecule has 4 aromatic rings. The van der Waals surface area contributed by atoms with Crippen molar-refractivity contribution < 1.29 is 31.3 Å². The molecule has 4 rings (SSSR count). The maximum atomic E-state index is 13.3. The van der Waals surface area contributed by atoms with Gasteiger partial charge in [0.25, 0.3) is 20.1 Å². The van der Waals surface area contributed by atoms with Gasteiger partial charge in [0.1, 0.15) is 27.9 Å². The maximum absolute atomic E-state index is 13.3. The number of sulfonamides is 1. The first-order valence-corrected chi connectivity index (χ1v) is 14.7. The van der Waals surface area contributed by atoms with Crippen molar-refractivity contribution in [2.45, 2.75) is 9.79 Å². The number of para-hydroxylation sites is 1. The van der Waals surface area contributed by atoms with Crippen LogP contribution >= 0.6 is 11.6 Å². The van der Waals surface area contributed by atoms with Crippen molar-refractivity contribution in [3.63, 3.8) is 0 Å². The summed E-state index contributed by atoms with van der Waals surface area (Å²) in [6.07, 6.45) is 0. The highest BCUT2D eigenvalue weighted by molar-refractivity contribution is 7.92. The Labute approximate surface area is 234 Å². The number of nitrogens with one attached hydrogen (secondary N) is 1. The van der Waals surface area contributed by atoms with Gasteiger partial charge in [-0.2, -0.15) is 8.42 Å². The smallest absolute Gasteiger partial charge is 0.296 e. The summed E-state index contributed by atoms with van der Waals surface area (Å²) in [6, 6.07) is 17.1. The zero-order chi connectivity index (χ0) is 29.2. The molecule has 0 saturated carbocycles. The van der Waals surface area contributed by atoms with E-state index in [1.165, 1.54) is 37.4 Å². The molecule has 5 N–H and O–H groups in total. The molecule has 12 nitrogen and oxygen atoms in total. The molecule has 0 radical (unpaired) electrons.